The predicted octanol–water partition coefficient (Wildman–Crippen LogP) is 4.40. The smallest absolute Gasteiger partial charge is 0.355 e. The van der Waals surface area contributed by atoms with E-state index in [-0.39, 0.29) is 17.8 Å². The fourth-order valence-electron chi connectivity index (χ4n) is 3.26. The van der Waals surface area contributed by atoms with Gasteiger partial charge in [-0.1, -0.05) is 29.8 Å². The highest BCUT2D eigenvalue weighted by Crippen LogP contribution is 2.33. The Morgan fingerprint density at radius 2 is 1.93 bits per heavy atom. The lowest BCUT2D eigenvalue weighted by molar-refractivity contribution is -0.133. The Bertz CT molecular complexity index is 855. The zero-order valence-corrected chi connectivity index (χ0v) is 16.7. The number of halogens is 1. The molecule has 0 bridgehead atoms. The van der Waals surface area contributed by atoms with Gasteiger partial charge in [-0.15, -0.1) is 0 Å². The molecule has 1 aromatic carbocycles. The van der Waals surface area contributed by atoms with Gasteiger partial charge in [0.15, 0.2) is 0 Å². The number of ether oxygens (including phenoxy) is 1. The van der Waals surface area contributed by atoms with Gasteiger partial charge in [-0.3, -0.25) is 4.79 Å². The third-order valence-corrected chi connectivity index (χ3v) is 5.35. The molecule has 0 aliphatic heterocycles. The van der Waals surface area contributed by atoms with Crippen LogP contribution in [0.15, 0.2) is 24.3 Å². The SMILES string of the molecule is CCOC(=O)c1[nH]c(C)c(CN(Cc2ccccc2Cl)C(=O)C2CC2)c1C. The second-order valence-corrected chi connectivity index (χ2v) is 7.42. The van der Waals surface area contributed by atoms with E-state index in [1.54, 1.807) is 6.92 Å². The van der Waals surface area contributed by atoms with E-state index < -0.39 is 0 Å². The molecule has 0 atom stereocenters. The lowest BCUT2D eigenvalue weighted by Gasteiger charge is -2.24. The van der Waals surface area contributed by atoms with Crippen molar-refractivity contribution in [1.82, 2.24) is 9.88 Å². The molecule has 1 saturated carbocycles. The van der Waals surface area contributed by atoms with E-state index in [2.05, 4.69) is 4.98 Å². The summed E-state index contributed by atoms with van der Waals surface area (Å²) >= 11 is 6.31. The molecule has 1 aliphatic carbocycles. The number of aryl methyl sites for hydroxylation is 1. The Morgan fingerprint density at radius 1 is 1.22 bits per heavy atom. The highest BCUT2D eigenvalue weighted by Gasteiger charge is 2.34. The van der Waals surface area contributed by atoms with Crippen LogP contribution >= 0.6 is 11.6 Å². The van der Waals surface area contributed by atoms with E-state index in [1.165, 1.54) is 0 Å². The first-order valence-electron chi connectivity index (χ1n) is 9.29. The zero-order valence-electron chi connectivity index (χ0n) is 16.0. The number of esters is 1. The van der Waals surface area contributed by atoms with E-state index in [4.69, 9.17) is 16.3 Å². The van der Waals surface area contributed by atoms with E-state index in [9.17, 15) is 9.59 Å². The van der Waals surface area contributed by atoms with E-state index in [0.29, 0.717) is 30.4 Å². The van der Waals surface area contributed by atoms with Crippen molar-refractivity contribution in [2.75, 3.05) is 6.61 Å². The minimum Gasteiger partial charge on any atom is -0.461 e. The van der Waals surface area contributed by atoms with Crippen LogP contribution in [-0.4, -0.2) is 28.4 Å². The second kappa shape index (κ2) is 8.17. The van der Waals surface area contributed by atoms with Gasteiger partial charge in [-0.05, 0) is 56.4 Å². The summed E-state index contributed by atoms with van der Waals surface area (Å²) in [4.78, 5) is 30.0. The highest BCUT2D eigenvalue weighted by atomic mass is 35.5. The minimum atomic E-state index is -0.365. The number of aromatic amines is 1. The number of hydrogen-bond acceptors (Lipinski definition) is 3. The number of H-pyrrole nitrogens is 1. The average Bonchev–Trinajstić information content (AvgIpc) is 3.44. The Morgan fingerprint density at radius 3 is 2.56 bits per heavy atom. The standard InChI is InChI=1S/C21H25ClN2O3/c1-4-27-21(26)19-13(2)17(14(3)23-19)12-24(20(25)15-9-10-15)11-16-7-5-6-8-18(16)22/h5-8,15,23H,4,9-12H2,1-3H3. The molecule has 1 heterocycles. The molecule has 1 N–H and O–H groups in total. The Labute approximate surface area is 164 Å². The van der Waals surface area contributed by atoms with Crippen molar-refractivity contribution >= 4 is 23.5 Å². The number of amides is 1. The normalized spacial score (nSPS) is 13.5. The van der Waals surface area contributed by atoms with E-state index in [0.717, 1.165) is 35.2 Å². The molecule has 0 saturated heterocycles. The maximum atomic E-state index is 12.9. The van der Waals surface area contributed by atoms with Gasteiger partial charge >= 0.3 is 5.97 Å². The van der Waals surface area contributed by atoms with Crippen molar-refractivity contribution in [3.63, 3.8) is 0 Å². The third kappa shape index (κ3) is 4.35. The molecule has 2 aromatic rings. The van der Waals surface area contributed by atoms with E-state index in [1.807, 2.05) is 43.0 Å². The summed E-state index contributed by atoms with van der Waals surface area (Å²) in [7, 11) is 0. The third-order valence-electron chi connectivity index (χ3n) is 4.98. The number of nitrogens with zero attached hydrogens (tertiary/aromatic N) is 1. The predicted molar refractivity (Wildman–Crippen MR) is 105 cm³/mol. The topological polar surface area (TPSA) is 62.4 Å². The summed E-state index contributed by atoms with van der Waals surface area (Å²) in [6, 6.07) is 7.58. The van der Waals surface area contributed by atoms with Gasteiger partial charge in [0.1, 0.15) is 5.69 Å². The van der Waals surface area contributed by atoms with Crippen LogP contribution in [0.3, 0.4) is 0 Å². The van der Waals surface area contributed by atoms with Crippen molar-refractivity contribution < 1.29 is 14.3 Å². The first kappa shape index (κ1) is 19.5. The zero-order chi connectivity index (χ0) is 19.6. The van der Waals surface area contributed by atoms with Crippen molar-refractivity contribution in [1.29, 1.82) is 0 Å². The highest BCUT2D eigenvalue weighted by molar-refractivity contribution is 6.31. The van der Waals surface area contributed by atoms with Crippen LogP contribution in [0.25, 0.3) is 0 Å². The summed E-state index contributed by atoms with van der Waals surface area (Å²) in [5.74, 6) is -0.111. The average molecular weight is 389 g/mol. The van der Waals surface area contributed by atoms with Crippen LogP contribution in [0.5, 0.6) is 0 Å². The monoisotopic (exact) mass is 388 g/mol. The quantitative estimate of drug-likeness (QED) is 0.715. The Balaban J connectivity index is 1.87. The molecule has 1 fully saturated rings. The number of nitrogens with one attached hydrogen (secondary N) is 1. The maximum absolute atomic E-state index is 12.9. The summed E-state index contributed by atoms with van der Waals surface area (Å²) in [5, 5.41) is 0.654. The van der Waals surface area contributed by atoms with Gasteiger partial charge in [-0.25, -0.2) is 4.79 Å². The van der Waals surface area contributed by atoms with E-state index >= 15 is 0 Å². The van der Waals surface area contributed by atoms with Gasteiger partial charge in [0.2, 0.25) is 5.91 Å². The molecule has 144 valence electrons. The molecular formula is C21H25ClN2O3. The number of rotatable bonds is 7. The number of benzene rings is 1. The minimum absolute atomic E-state index is 0.108. The summed E-state index contributed by atoms with van der Waals surface area (Å²) in [6.45, 7) is 6.80. The van der Waals surface area contributed by atoms with Crippen LogP contribution < -0.4 is 0 Å². The fraction of sp³-hybridized carbons (Fsp3) is 0.429. The molecule has 5 nitrogen and oxygen atoms in total. The molecule has 3 rings (SSSR count). The Kier molecular flexibility index (Phi) is 5.90. The fourth-order valence-corrected chi connectivity index (χ4v) is 3.45. The van der Waals surface area contributed by atoms with Gasteiger partial charge in [0, 0.05) is 29.7 Å². The molecule has 1 aromatic heterocycles. The molecule has 6 heteroatoms. The molecule has 0 spiro atoms. The lowest BCUT2D eigenvalue weighted by atomic mass is 10.1. The van der Waals surface area contributed by atoms with Gasteiger partial charge < -0.3 is 14.6 Å². The van der Waals surface area contributed by atoms with Crippen LogP contribution in [0.4, 0.5) is 0 Å². The number of aromatic nitrogens is 1. The lowest BCUT2D eigenvalue weighted by Crippen LogP contribution is -2.31. The van der Waals surface area contributed by atoms with Crippen molar-refractivity contribution in [3.8, 4) is 0 Å². The number of hydrogen-bond donors (Lipinski definition) is 1. The molecule has 1 amide bonds. The maximum Gasteiger partial charge on any atom is 0.355 e. The largest absolute Gasteiger partial charge is 0.461 e. The van der Waals surface area contributed by atoms with Gasteiger partial charge in [0.25, 0.3) is 0 Å². The molecule has 27 heavy (non-hydrogen) atoms. The molecule has 0 radical (unpaired) electrons. The first-order valence-corrected chi connectivity index (χ1v) is 9.67. The summed E-state index contributed by atoms with van der Waals surface area (Å²) in [5.41, 5.74) is 4.05. The summed E-state index contributed by atoms with van der Waals surface area (Å²) < 4.78 is 5.12. The molecule has 1 aliphatic rings. The number of carbonyl (C=O) groups excluding carboxylic acids is 2. The molecular weight excluding hydrogens is 364 g/mol. The van der Waals surface area contributed by atoms with Crippen molar-refractivity contribution in [3.05, 3.63) is 57.4 Å². The van der Waals surface area contributed by atoms with Gasteiger partial charge in [-0.2, -0.15) is 0 Å². The van der Waals surface area contributed by atoms with Crippen molar-refractivity contribution in [2.45, 2.75) is 46.7 Å². The van der Waals surface area contributed by atoms with Gasteiger partial charge in [0.05, 0.1) is 6.61 Å². The Hall–Kier alpha value is -2.27. The van der Waals surface area contributed by atoms with Crippen LogP contribution in [-0.2, 0) is 22.6 Å². The van der Waals surface area contributed by atoms with Crippen LogP contribution in [0.2, 0.25) is 5.02 Å². The molecule has 0 unspecified atom stereocenters. The second-order valence-electron chi connectivity index (χ2n) is 7.01. The van der Waals surface area contributed by atoms with Crippen LogP contribution in [0.1, 0.15) is 52.6 Å². The summed E-state index contributed by atoms with van der Waals surface area (Å²) in [6.07, 6.45) is 1.88. The van der Waals surface area contributed by atoms with Crippen LogP contribution in [0, 0.1) is 19.8 Å². The van der Waals surface area contributed by atoms with Crippen molar-refractivity contribution in [2.24, 2.45) is 5.92 Å². The number of carbonyl (C=O) groups is 2. The first-order chi connectivity index (χ1) is 12.9.